The van der Waals surface area contributed by atoms with Crippen molar-refractivity contribution < 1.29 is 26.8 Å². The van der Waals surface area contributed by atoms with Crippen LogP contribution < -0.4 is 0 Å². The second-order valence-electron chi connectivity index (χ2n) is 5.92. The SMILES string of the molecule is O=C(Cc1cc(F)cc(C(F)(F)F)c1)Cc1ccc(-c2cnco2)c(Cl)c1. The number of Topliss-reactive ketones (excluding diaryl/α,β-unsaturated/α-hetero) is 1. The molecule has 1 heterocycles. The first kappa shape index (κ1) is 19.1. The Morgan fingerprint density at radius 1 is 1.07 bits per heavy atom. The third-order valence-electron chi connectivity index (χ3n) is 3.82. The van der Waals surface area contributed by atoms with E-state index in [0.29, 0.717) is 28.0 Å². The number of carbonyl (C=O) groups excluding carboxylic acids is 1. The van der Waals surface area contributed by atoms with Crippen LogP contribution >= 0.6 is 11.6 Å². The minimum atomic E-state index is -4.68. The molecule has 0 aliphatic heterocycles. The highest BCUT2D eigenvalue weighted by Gasteiger charge is 2.31. The van der Waals surface area contributed by atoms with Crippen LogP contribution in [0.15, 0.2) is 53.4 Å². The molecule has 0 saturated heterocycles. The highest BCUT2D eigenvalue weighted by Crippen LogP contribution is 2.31. The van der Waals surface area contributed by atoms with E-state index >= 15 is 0 Å². The lowest BCUT2D eigenvalue weighted by atomic mass is 10.00. The van der Waals surface area contributed by atoms with Gasteiger partial charge in [0.05, 0.1) is 16.8 Å². The molecule has 140 valence electrons. The Bertz CT molecular complexity index is 968. The van der Waals surface area contributed by atoms with Gasteiger partial charge in [-0.3, -0.25) is 4.79 Å². The number of ketones is 1. The van der Waals surface area contributed by atoms with E-state index in [1.165, 1.54) is 12.6 Å². The molecule has 0 unspecified atom stereocenters. The summed E-state index contributed by atoms with van der Waals surface area (Å²) in [5.74, 6) is -0.929. The van der Waals surface area contributed by atoms with E-state index in [2.05, 4.69) is 4.98 Å². The van der Waals surface area contributed by atoms with E-state index in [1.54, 1.807) is 18.2 Å². The average molecular weight is 398 g/mol. The van der Waals surface area contributed by atoms with Crippen molar-refractivity contribution in [2.75, 3.05) is 0 Å². The molecule has 0 aliphatic carbocycles. The molecule has 0 aliphatic rings. The molecule has 0 spiro atoms. The number of benzene rings is 2. The Balaban J connectivity index is 1.73. The van der Waals surface area contributed by atoms with Crippen LogP contribution in [0.4, 0.5) is 17.6 Å². The summed E-state index contributed by atoms with van der Waals surface area (Å²) in [5, 5.41) is 0.349. The van der Waals surface area contributed by atoms with Crippen molar-refractivity contribution in [3.05, 3.63) is 76.5 Å². The highest BCUT2D eigenvalue weighted by molar-refractivity contribution is 6.33. The van der Waals surface area contributed by atoms with Crippen LogP contribution in [0, 0.1) is 5.82 Å². The maximum atomic E-state index is 13.4. The van der Waals surface area contributed by atoms with Gasteiger partial charge in [-0.1, -0.05) is 17.7 Å². The van der Waals surface area contributed by atoms with Gasteiger partial charge in [-0.25, -0.2) is 9.37 Å². The van der Waals surface area contributed by atoms with Gasteiger partial charge < -0.3 is 4.42 Å². The second-order valence-corrected chi connectivity index (χ2v) is 6.33. The Morgan fingerprint density at radius 2 is 1.81 bits per heavy atom. The highest BCUT2D eigenvalue weighted by atomic mass is 35.5. The van der Waals surface area contributed by atoms with E-state index in [9.17, 15) is 22.4 Å². The van der Waals surface area contributed by atoms with E-state index < -0.39 is 17.6 Å². The summed E-state index contributed by atoms with van der Waals surface area (Å²) in [4.78, 5) is 16.0. The molecule has 0 saturated carbocycles. The van der Waals surface area contributed by atoms with Crippen molar-refractivity contribution >= 4 is 17.4 Å². The minimum Gasteiger partial charge on any atom is -0.443 e. The standard InChI is InChI=1S/C19H12ClF4NO2/c20-17-7-11(1-2-16(17)18-9-25-10-27-18)5-15(26)6-12-3-13(19(22,23)24)8-14(21)4-12/h1-4,7-10H,5-6H2. The Morgan fingerprint density at radius 3 is 2.44 bits per heavy atom. The number of hydrogen-bond acceptors (Lipinski definition) is 3. The molecule has 0 amide bonds. The topological polar surface area (TPSA) is 43.1 Å². The van der Waals surface area contributed by atoms with Crippen LogP contribution in [0.1, 0.15) is 16.7 Å². The van der Waals surface area contributed by atoms with Gasteiger partial charge >= 0.3 is 6.18 Å². The number of oxazole rings is 1. The van der Waals surface area contributed by atoms with Crippen LogP contribution in [-0.2, 0) is 23.8 Å². The molecule has 3 rings (SSSR count). The molecule has 3 aromatic rings. The number of rotatable bonds is 5. The number of alkyl halides is 3. The summed E-state index contributed by atoms with van der Waals surface area (Å²) < 4.78 is 56.8. The Labute approximate surface area is 156 Å². The lowest BCUT2D eigenvalue weighted by Crippen LogP contribution is -2.10. The first-order valence-corrected chi connectivity index (χ1v) is 8.16. The van der Waals surface area contributed by atoms with Gasteiger partial charge in [-0.05, 0) is 41.5 Å². The van der Waals surface area contributed by atoms with Crippen LogP contribution in [0.25, 0.3) is 11.3 Å². The van der Waals surface area contributed by atoms with Crippen molar-refractivity contribution in [3.63, 3.8) is 0 Å². The predicted molar refractivity (Wildman–Crippen MR) is 90.8 cm³/mol. The zero-order valence-corrected chi connectivity index (χ0v) is 14.4. The van der Waals surface area contributed by atoms with E-state index in [4.69, 9.17) is 16.0 Å². The molecular formula is C19H12ClF4NO2. The van der Waals surface area contributed by atoms with Gasteiger partial charge in [0.15, 0.2) is 12.2 Å². The van der Waals surface area contributed by atoms with Gasteiger partial charge in [0, 0.05) is 18.4 Å². The fourth-order valence-corrected chi connectivity index (χ4v) is 2.95. The maximum Gasteiger partial charge on any atom is 0.416 e. The molecule has 0 fully saturated rings. The average Bonchev–Trinajstić information content (AvgIpc) is 3.07. The van der Waals surface area contributed by atoms with Crippen LogP contribution in [0.5, 0.6) is 0 Å². The fourth-order valence-electron chi connectivity index (χ4n) is 2.65. The maximum absolute atomic E-state index is 13.4. The number of aromatic nitrogens is 1. The van der Waals surface area contributed by atoms with Gasteiger partial charge in [0.25, 0.3) is 0 Å². The number of halogens is 5. The predicted octanol–water partition coefficient (Wildman–Crippen LogP) is 5.51. The molecule has 0 N–H and O–H groups in total. The first-order chi connectivity index (χ1) is 12.7. The van der Waals surface area contributed by atoms with Crippen LogP contribution in [0.2, 0.25) is 5.02 Å². The molecule has 1 aromatic heterocycles. The van der Waals surface area contributed by atoms with Crippen LogP contribution in [0.3, 0.4) is 0 Å². The molecule has 0 radical (unpaired) electrons. The molecule has 2 aromatic carbocycles. The number of carbonyl (C=O) groups is 1. The molecule has 3 nitrogen and oxygen atoms in total. The molecule has 8 heteroatoms. The van der Waals surface area contributed by atoms with Gasteiger partial charge in [-0.2, -0.15) is 13.2 Å². The van der Waals surface area contributed by atoms with Crippen molar-refractivity contribution in [2.45, 2.75) is 19.0 Å². The first-order valence-electron chi connectivity index (χ1n) is 7.78. The quantitative estimate of drug-likeness (QED) is 0.533. The lowest BCUT2D eigenvalue weighted by Gasteiger charge is -2.09. The number of nitrogens with zero attached hydrogens (tertiary/aromatic N) is 1. The van der Waals surface area contributed by atoms with Crippen molar-refractivity contribution in [2.24, 2.45) is 0 Å². The van der Waals surface area contributed by atoms with Crippen molar-refractivity contribution in [1.82, 2.24) is 4.98 Å². The minimum absolute atomic E-state index is 0.0308. The van der Waals surface area contributed by atoms with Gasteiger partial charge in [0.2, 0.25) is 0 Å². The third kappa shape index (κ3) is 4.74. The van der Waals surface area contributed by atoms with Gasteiger partial charge in [0.1, 0.15) is 11.6 Å². The van der Waals surface area contributed by atoms with Crippen LogP contribution in [-0.4, -0.2) is 10.8 Å². The zero-order chi connectivity index (χ0) is 19.6. The summed E-state index contributed by atoms with van der Waals surface area (Å²) in [5.41, 5.74) is 0.0347. The van der Waals surface area contributed by atoms with Crippen molar-refractivity contribution in [3.8, 4) is 11.3 Å². The summed E-state index contributed by atoms with van der Waals surface area (Å²) in [7, 11) is 0. The van der Waals surface area contributed by atoms with E-state index in [-0.39, 0.29) is 24.2 Å². The molecule has 27 heavy (non-hydrogen) atoms. The Hall–Kier alpha value is -2.67. The smallest absolute Gasteiger partial charge is 0.416 e. The third-order valence-corrected chi connectivity index (χ3v) is 4.13. The van der Waals surface area contributed by atoms with Crippen molar-refractivity contribution in [1.29, 1.82) is 0 Å². The summed E-state index contributed by atoms with van der Waals surface area (Å²) in [6, 6.07) is 7.00. The largest absolute Gasteiger partial charge is 0.443 e. The summed E-state index contributed by atoms with van der Waals surface area (Å²) in [6.45, 7) is 0. The Kier molecular flexibility index (Phi) is 5.32. The molecular weight excluding hydrogens is 386 g/mol. The molecule has 0 bridgehead atoms. The molecule has 0 atom stereocenters. The van der Waals surface area contributed by atoms with Gasteiger partial charge in [-0.15, -0.1) is 0 Å². The van der Waals surface area contributed by atoms with E-state index in [1.807, 2.05) is 0 Å². The second kappa shape index (κ2) is 7.52. The summed E-state index contributed by atoms with van der Waals surface area (Å²) >= 11 is 6.18. The summed E-state index contributed by atoms with van der Waals surface area (Å²) in [6.07, 6.45) is -2.29. The zero-order valence-electron chi connectivity index (χ0n) is 13.7. The van der Waals surface area contributed by atoms with E-state index in [0.717, 1.165) is 12.1 Å². The lowest BCUT2D eigenvalue weighted by molar-refractivity contribution is -0.137. The number of hydrogen-bond donors (Lipinski definition) is 0. The normalized spacial score (nSPS) is 11.6. The fraction of sp³-hybridized carbons (Fsp3) is 0.158. The monoisotopic (exact) mass is 397 g/mol.